The fourth-order valence-electron chi connectivity index (χ4n) is 9.59. The van der Waals surface area contributed by atoms with Gasteiger partial charge in [0.25, 0.3) is 0 Å². The zero-order chi connectivity index (χ0) is 54.1. The minimum atomic E-state index is -1.43. The first-order valence-electron chi connectivity index (χ1n) is 26.3. The predicted molar refractivity (Wildman–Crippen MR) is 287 cm³/mol. The van der Waals surface area contributed by atoms with Crippen molar-refractivity contribution in [3.8, 4) is 11.5 Å². The quantitative estimate of drug-likeness (QED) is 0.0528. The maximum atomic E-state index is 10.5. The molecule has 4 fully saturated rings. The number of aliphatic hydroxyl groups is 8. The van der Waals surface area contributed by atoms with Crippen molar-refractivity contribution in [2.45, 2.75) is 73.9 Å². The first kappa shape index (κ1) is 60.1. The summed E-state index contributed by atoms with van der Waals surface area (Å²) in [4.78, 5) is 9.52. The fraction of sp³-hybridized carbons (Fsp3) is 0.571. The zero-order valence-corrected chi connectivity index (χ0v) is 45.1. The van der Waals surface area contributed by atoms with Gasteiger partial charge in [-0.05, 0) is 96.7 Å². The summed E-state index contributed by atoms with van der Waals surface area (Å²) in [7, 11) is 4.30. The van der Waals surface area contributed by atoms with Gasteiger partial charge in [-0.1, -0.05) is 71.7 Å². The van der Waals surface area contributed by atoms with Crippen molar-refractivity contribution in [3.05, 3.63) is 128 Å². The van der Waals surface area contributed by atoms with Gasteiger partial charge in [0.1, 0.15) is 85.8 Å². The van der Waals surface area contributed by atoms with Crippen LogP contribution in [-0.2, 0) is 31.8 Å². The molecule has 4 aliphatic rings. The molecule has 0 amide bonds. The summed E-state index contributed by atoms with van der Waals surface area (Å²) in [6, 6.07) is 26.0. The first-order valence-corrected chi connectivity index (χ1v) is 27.0. The first-order chi connectivity index (χ1) is 36.7. The molecule has 8 rings (SSSR count). The van der Waals surface area contributed by atoms with Gasteiger partial charge in [0.15, 0.2) is 0 Å². The van der Waals surface area contributed by atoms with Crippen LogP contribution < -0.4 is 9.47 Å². The molecule has 0 aromatic heterocycles. The number of likely N-dealkylation sites (N-methyl/N-ethyl adjacent to an activating group) is 2. The van der Waals surface area contributed by atoms with Crippen LogP contribution in [0, 0.1) is 0 Å². The van der Waals surface area contributed by atoms with E-state index < -0.39 is 74.3 Å². The Morgan fingerprint density at radius 3 is 1.18 bits per heavy atom. The Morgan fingerprint density at radius 2 is 0.829 bits per heavy atom. The number of rotatable bonds is 22. The summed E-state index contributed by atoms with van der Waals surface area (Å²) in [5.41, 5.74) is 4.90. The Bertz CT molecular complexity index is 2160. The molecule has 8 N–H and O–H groups in total. The third kappa shape index (κ3) is 17.2. The van der Waals surface area contributed by atoms with Gasteiger partial charge in [0.05, 0.1) is 39.6 Å². The van der Waals surface area contributed by atoms with E-state index in [2.05, 4.69) is 33.7 Å². The molecule has 4 aromatic rings. The molecule has 4 heterocycles. The monoisotopic (exact) mass is 1100 g/mol. The Morgan fingerprint density at radius 1 is 0.461 bits per heavy atom. The second kappa shape index (κ2) is 30.1. The number of hydrogen-bond acceptors (Lipinski definition) is 18. The lowest BCUT2D eigenvalue weighted by molar-refractivity contribution is -0.231. The standard InChI is InChI=1S/2C28H39ClN2O7/c2*1-30-8-10-31(11-9-30)12-13-36-14-15-37-22-5-2-19(3-6-22)16-21-17-20(4-7-23(21)29)28-27(35)26(34)25(33)24(18-32)38-28/h2*2-7,17,24-28,32-35H,8-16,18H2,1H3/t24-,25-,26+,27-,28+;24-,25-,26+,27-,28-/m11/s1. The molecule has 0 spiro atoms. The Labute approximate surface area is 456 Å². The molecular formula is C56H78Cl2N4O14. The lowest BCUT2D eigenvalue weighted by atomic mass is 9.90. The molecule has 4 aromatic carbocycles. The Kier molecular flexibility index (Phi) is 23.8. The normalized spacial score (nSPS) is 26.9. The molecule has 76 heavy (non-hydrogen) atoms. The highest BCUT2D eigenvalue weighted by Gasteiger charge is 2.45. The van der Waals surface area contributed by atoms with Crippen molar-refractivity contribution in [2.24, 2.45) is 0 Å². The van der Waals surface area contributed by atoms with Gasteiger partial charge in [0.2, 0.25) is 0 Å². The molecule has 20 heteroatoms. The fourth-order valence-corrected chi connectivity index (χ4v) is 9.96. The highest BCUT2D eigenvalue weighted by Crippen LogP contribution is 2.36. The van der Waals surface area contributed by atoms with Crippen molar-refractivity contribution >= 4 is 23.2 Å². The topological polar surface area (TPSA) is 230 Å². The lowest BCUT2D eigenvalue weighted by Gasteiger charge is -2.40. The predicted octanol–water partition coefficient (Wildman–Crippen LogP) is 2.18. The number of benzene rings is 4. The number of halogens is 2. The summed E-state index contributed by atoms with van der Waals surface area (Å²) < 4.78 is 34.5. The van der Waals surface area contributed by atoms with E-state index in [0.29, 0.717) is 73.7 Å². The van der Waals surface area contributed by atoms with Crippen molar-refractivity contribution in [1.29, 1.82) is 0 Å². The molecule has 0 bridgehead atoms. The van der Waals surface area contributed by atoms with Gasteiger partial charge in [-0.25, -0.2) is 0 Å². The van der Waals surface area contributed by atoms with E-state index in [4.69, 9.17) is 51.6 Å². The average molecular weight is 1100 g/mol. The SMILES string of the molecule is CN1CCN(CCOCCOc2ccc(Cc3cc([C@@H]4O[C@H](CO)[C@@H](O)[C@H](O)[C@H]4O)ccc3Cl)cc2)CC1.CN1CCN(CCOCCOc2ccc(Cc3cc([C@H]4O[C@H](CO)[C@@H](O)[C@H](O)[C@H]4O)ccc3Cl)cc2)CC1. The van der Waals surface area contributed by atoms with Crippen molar-refractivity contribution in [2.75, 3.05) is 132 Å². The molecule has 18 nitrogen and oxygen atoms in total. The van der Waals surface area contributed by atoms with Crippen LogP contribution in [0.15, 0.2) is 84.9 Å². The van der Waals surface area contributed by atoms with Gasteiger partial charge in [-0.3, -0.25) is 9.80 Å². The third-order valence-corrected chi connectivity index (χ3v) is 15.2. The molecule has 420 valence electrons. The molecule has 0 unspecified atom stereocenters. The summed E-state index contributed by atoms with van der Waals surface area (Å²) in [5.74, 6) is 1.52. The van der Waals surface area contributed by atoms with Crippen LogP contribution in [0.3, 0.4) is 0 Å². The van der Waals surface area contributed by atoms with Crippen LogP contribution in [0.2, 0.25) is 10.0 Å². The number of aliphatic hydroxyl groups excluding tert-OH is 8. The Hall–Kier alpha value is -3.58. The maximum absolute atomic E-state index is 10.5. The van der Waals surface area contributed by atoms with E-state index in [1.807, 2.05) is 60.7 Å². The second-order valence-electron chi connectivity index (χ2n) is 20.1. The average Bonchev–Trinajstić information content (AvgIpc) is 3.43. The van der Waals surface area contributed by atoms with Crippen LogP contribution >= 0.6 is 23.2 Å². The Balaban J connectivity index is 0.000000221. The summed E-state index contributed by atoms with van der Waals surface area (Å²) in [6.45, 7) is 13.2. The molecule has 0 aliphatic carbocycles. The van der Waals surface area contributed by atoms with Crippen molar-refractivity contribution < 1.29 is 69.3 Å². The van der Waals surface area contributed by atoms with E-state index in [1.54, 1.807) is 24.3 Å². The zero-order valence-electron chi connectivity index (χ0n) is 43.6. The van der Waals surface area contributed by atoms with Crippen molar-refractivity contribution in [1.82, 2.24) is 19.6 Å². The van der Waals surface area contributed by atoms with Gasteiger partial charge in [0, 0.05) is 75.5 Å². The van der Waals surface area contributed by atoms with Crippen LogP contribution in [0.25, 0.3) is 0 Å². The summed E-state index contributed by atoms with van der Waals surface area (Å²) in [6.07, 6.45) is -11.0. The van der Waals surface area contributed by atoms with Crippen LogP contribution in [0.1, 0.15) is 45.6 Å². The van der Waals surface area contributed by atoms with E-state index in [0.717, 1.165) is 99.2 Å². The molecule has 10 atom stereocenters. The highest BCUT2D eigenvalue weighted by molar-refractivity contribution is 6.31. The maximum Gasteiger partial charge on any atom is 0.119 e. The molecule has 0 radical (unpaired) electrons. The molecule has 4 aliphatic heterocycles. The highest BCUT2D eigenvalue weighted by atomic mass is 35.5. The number of hydrogen-bond donors (Lipinski definition) is 8. The smallest absolute Gasteiger partial charge is 0.119 e. The van der Waals surface area contributed by atoms with E-state index in [1.165, 1.54) is 0 Å². The lowest BCUT2D eigenvalue weighted by Crippen LogP contribution is -2.55. The number of piperazine rings is 2. The van der Waals surface area contributed by atoms with Crippen LogP contribution in [0.4, 0.5) is 0 Å². The van der Waals surface area contributed by atoms with Crippen LogP contribution in [-0.4, -0.2) is 242 Å². The summed E-state index contributed by atoms with van der Waals surface area (Å²) in [5, 5.41) is 81.4. The van der Waals surface area contributed by atoms with E-state index >= 15 is 0 Å². The summed E-state index contributed by atoms with van der Waals surface area (Å²) >= 11 is 12.9. The van der Waals surface area contributed by atoms with E-state index in [-0.39, 0.29) is 0 Å². The van der Waals surface area contributed by atoms with Crippen molar-refractivity contribution in [3.63, 3.8) is 0 Å². The minimum Gasteiger partial charge on any atom is -0.491 e. The number of ether oxygens (including phenoxy) is 6. The largest absolute Gasteiger partial charge is 0.491 e. The molecule has 4 saturated heterocycles. The second-order valence-corrected chi connectivity index (χ2v) is 20.9. The minimum absolute atomic E-state index is 0.473. The van der Waals surface area contributed by atoms with Gasteiger partial charge in [-0.15, -0.1) is 0 Å². The van der Waals surface area contributed by atoms with Gasteiger partial charge in [-0.2, -0.15) is 0 Å². The van der Waals surface area contributed by atoms with E-state index in [9.17, 15) is 40.9 Å². The van der Waals surface area contributed by atoms with Gasteiger partial charge < -0.3 is 79.1 Å². The number of nitrogens with zero attached hydrogens (tertiary/aromatic N) is 4. The van der Waals surface area contributed by atoms with Crippen LogP contribution in [0.5, 0.6) is 11.5 Å². The molecule has 0 saturated carbocycles. The molecular weight excluding hydrogens is 1020 g/mol. The third-order valence-electron chi connectivity index (χ3n) is 14.5. The van der Waals surface area contributed by atoms with Gasteiger partial charge >= 0.3 is 0 Å².